The van der Waals surface area contributed by atoms with Gasteiger partial charge in [0, 0.05) is 24.7 Å². The number of amidine groups is 1. The smallest absolute Gasteiger partial charge is 0.152 e. The topological polar surface area (TPSA) is 94.0 Å². The fourth-order valence-electron chi connectivity index (χ4n) is 3.84. The van der Waals surface area contributed by atoms with E-state index in [0.717, 1.165) is 53.9 Å². The molecular formula is C25H36N4O3. The number of nitrogens with zero attached hydrogens (tertiary/aromatic N) is 2. The highest BCUT2D eigenvalue weighted by Gasteiger charge is 2.11. The first kappa shape index (κ1) is 23.9. The highest BCUT2D eigenvalue weighted by molar-refractivity contribution is 5.84. The third-order valence-electron chi connectivity index (χ3n) is 5.51. The lowest BCUT2D eigenvalue weighted by atomic mass is 10.1. The van der Waals surface area contributed by atoms with Crippen LogP contribution in [0, 0.1) is 0 Å². The zero-order valence-corrected chi connectivity index (χ0v) is 19.3. The van der Waals surface area contributed by atoms with Crippen LogP contribution in [0.1, 0.15) is 50.2 Å². The van der Waals surface area contributed by atoms with E-state index >= 15 is 0 Å². The Morgan fingerprint density at radius 2 is 2.12 bits per heavy atom. The SMILES string of the molecule is CCCCCNC1=c2/c(ccn2Cc2ccc(COCCO)cc2OC)=C\CC/C(N)=N\1. The van der Waals surface area contributed by atoms with Gasteiger partial charge in [-0.1, -0.05) is 38.0 Å². The number of methoxy groups -OCH3 is 1. The van der Waals surface area contributed by atoms with Gasteiger partial charge >= 0.3 is 0 Å². The molecule has 1 aliphatic heterocycles. The molecule has 0 saturated carbocycles. The van der Waals surface area contributed by atoms with Crippen molar-refractivity contribution in [3.05, 3.63) is 52.2 Å². The minimum atomic E-state index is 0.0171. The van der Waals surface area contributed by atoms with Crippen molar-refractivity contribution in [1.82, 2.24) is 9.88 Å². The van der Waals surface area contributed by atoms with Crippen molar-refractivity contribution in [2.45, 2.75) is 52.2 Å². The fourth-order valence-corrected chi connectivity index (χ4v) is 3.84. The van der Waals surface area contributed by atoms with E-state index in [4.69, 9.17) is 25.3 Å². The Labute approximate surface area is 190 Å². The third kappa shape index (κ3) is 6.37. The number of aliphatic hydroxyl groups is 1. The van der Waals surface area contributed by atoms with Crippen molar-refractivity contribution >= 4 is 17.7 Å². The van der Waals surface area contributed by atoms with E-state index in [0.29, 0.717) is 25.6 Å². The molecule has 1 aromatic heterocycles. The first-order chi connectivity index (χ1) is 15.7. The van der Waals surface area contributed by atoms with Crippen LogP contribution in [0.25, 0.3) is 11.9 Å². The highest BCUT2D eigenvalue weighted by atomic mass is 16.5. The Balaban J connectivity index is 1.94. The average Bonchev–Trinajstić information content (AvgIpc) is 3.17. The van der Waals surface area contributed by atoms with Gasteiger partial charge in [0.2, 0.25) is 0 Å². The first-order valence-electron chi connectivity index (χ1n) is 11.5. The van der Waals surface area contributed by atoms with Crippen LogP contribution in [0.3, 0.4) is 0 Å². The summed E-state index contributed by atoms with van der Waals surface area (Å²) in [5.74, 6) is 2.30. The molecule has 174 valence electrons. The van der Waals surface area contributed by atoms with Crippen molar-refractivity contribution in [2.75, 3.05) is 26.9 Å². The zero-order chi connectivity index (χ0) is 22.8. The summed E-state index contributed by atoms with van der Waals surface area (Å²) in [5.41, 5.74) is 8.26. The number of hydrogen-bond acceptors (Lipinski definition) is 6. The molecule has 0 amide bonds. The molecule has 2 heterocycles. The molecule has 0 unspecified atom stereocenters. The van der Waals surface area contributed by atoms with E-state index in [2.05, 4.69) is 41.2 Å². The largest absolute Gasteiger partial charge is 0.496 e. The summed E-state index contributed by atoms with van der Waals surface area (Å²) in [4.78, 5) is 4.74. The summed E-state index contributed by atoms with van der Waals surface area (Å²) in [6.45, 7) is 4.51. The molecule has 0 radical (unpaired) electrons. The number of aromatic nitrogens is 1. The van der Waals surface area contributed by atoms with E-state index in [9.17, 15) is 0 Å². The van der Waals surface area contributed by atoms with Crippen molar-refractivity contribution in [3.8, 4) is 5.75 Å². The number of aliphatic imine (C=N–C) groups is 1. The lowest BCUT2D eigenvalue weighted by Gasteiger charge is -2.14. The van der Waals surface area contributed by atoms with Crippen molar-refractivity contribution < 1.29 is 14.6 Å². The molecular weight excluding hydrogens is 404 g/mol. The van der Waals surface area contributed by atoms with Gasteiger partial charge in [0.1, 0.15) is 11.6 Å². The summed E-state index contributed by atoms with van der Waals surface area (Å²) >= 11 is 0. The normalized spacial score (nSPS) is 18.0. The van der Waals surface area contributed by atoms with Gasteiger partial charge in [0.05, 0.1) is 38.8 Å². The Kier molecular flexibility index (Phi) is 9.19. The van der Waals surface area contributed by atoms with E-state index in [1.54, 1.807) is 7.11 Å². The molecule has 1 aromatic carbocycles. The maximum absolute atomic E-state index is 8.91. The second-order valence-electron chi connectivity index (χ2n) is 8.00. The van der Waals surface area contributed by atoms with Gasteiger partial charge in [-0.15, -0.1) is 0 Å². The molecule has 0 bridgehead atoms. The van der Waals surface area contributed by atoms with E-state index < -0.39 is 0 Å². The molecule has 1 aliphatic rings. The van der Waals surface area contributed by atoms with Gasteiger partial charge in [0.25, 0.3) is 0 Å². The lowest BCUT2D eigenvalue weighted by molar-refractivity contribution is 0.0814. The van der Waals surface area contributed by atoms with Gasteiger partial charge in [-0.2, -0.15) is 0 Å². The molecule has 32 heavy (non-hydrogen) atoms. The summed E-state index contributed by atoms with van der Waals surface area (Å²) in [6.07, 6.45) is 9.44. The van der Waals surface area contributed by atoms with Crippen LogP contribution in [-0.4, -0.2) is 42.4 Å². The van der Waals surface area contributed by atoms with Gasteiger partial charge < -0.3 is 30.2 Å². The monoisotopic (exact) mass is 440 g/mol. The molecule has 0 saturated heterocycles. The zero-order valence-electron chi connectivity index (χ0n) is 19.3. The highest BCUT2D eigenvalue weighted by Crippen LogP contribution is 2.21. The van der Waals surface area contributed by atoms with Crippen LogP contribution in [0.15, 0.2) is 35.5 Å². The molecule has 3 rings (SSSR count). The Morgan fingerprint density at radius 1 is 1.25 bits per heavy atom. The van der Waals surface area contributed by atoms with Gasteiger partial charge in [-0.3, -0.25) is 0 Å². The Hall–Kier alpha value is -2.77. The van der Waals surface area contributed by atoms with Crippen molar-refractivity contribution in [3.63, 3.8) is 0 Å². The summed E-state index contributed by atoms with van der Waals surface area (Å²) < 4.78 is 13.3. The number of rotatable bonds is 12. The molecule has 7 nitrogen and oxygen atoms in total. The Bertz CT molecular complexity index is 1030. The van der Waals surface area contributed by atoms with Gasteiger partial charge in [-0.05, 0) is 35.8 Å². The minimum absolute atomic E-state index is 0.0171. The lowest BCUT2D eigenvalue weighted by Crippen LogP contribution is -2.37. The summed E-state index contributed by atoms with van der Waals surface area (Å²) in [5, 5.41) is 14.7. The van der Waals surface area contributed by atoms with E-state index in [1.807, 2.05) is 12.1 Å². The maximum Gasteiger partial charge on any atom is 0.152 e. The van der Waals surface area contributed by atoms with Crippen molar-refractivity contribution in [1.29, 1.82) is 0 Å². The van der Waals surface area contributed by atoms with Crippen LogP contribution in [-0.2, 0) is 17.9 Å². The number of benzene rings is 1. The molecule has 0 fully saturated rings. The number of aliphatic hydroxyl groups excluding tert-OH is 1. The quantitative estimate of drug-likeness (QED) is 0.438. The number of nitrogens with two attached hydrogens (primary N) is 1. The molecule has 4 N–H and O–H groups in total. The van der Waals surface area contributed by atoms with Crippen molar-refractivity contribution in [2.24, 2.45) is 10.7 Å². The molecule has 2 aromatic rings. The summed E-state index contributed by atoms with van der Waals surface area (Å²) in [6, 6.07) is 8.25. The minimum Gasteiger partial charge on any atom is -0.496 e. The molecule has 0 aliphatic carbocycles. The Morgan fingerprint density at radius 3 is 2.91 bits per heavy atom. The van der Waals surface area contributed by atoms with Crippen LogP contribution in [0.4, 0.5) is 0 Å². The molecule has 0 spiro atoms. The average molecular weight is 441 g/mol. The van der Waals surface area contributed by atoms with E-state index in [-0.39, 0.29) is 6.61 Å². The third-order valence-corrected chi connectivity index (χ3v) is 5.51. The van der Waals surface area contributed by atoms with Crippen LogP contribution in [0.5, 0.6) is 5.75 Å². The summed E-state index contributed by atoms with van der Waals surface area (Å²) in [7, 11) is 1.68. The second-order valence-corrected chi connectivity index (χ2v) is 8.00. The van der Waals surface area contributed by atoms with Gasteiger partial charge in [0.15, 0.2) is 5.82 Å². The second kappa shape index (κ2) is 12.3. The predicted octanol–water partition coefficient (Wildman–Crippen LogP) is 1.83. The van der Waals surface area contributed by atoms with Crippen LogP contribution >= 0.6 is 0 Å². The molecule has 7 heteroatoms. The van der Waals surface area contributed by atoms with Gasteiger partial charge in [-0.25, -0.2) is 4.99 Å². The fraction of sp³-hybridized carbons (Fsp3) is 0.480. The van der Waals surface area contributed by atoms with Crippen LogP contribution in [0.2, 0.25) is 0 Å². The van der Waals surface area contributed by atoms with E-state index in [1.165, 1.54) is 18.1 Å². The number of fused-ring (bicyclic) bond motifs is 1. The number of hydrogen-bond donors (Lipinski definition) is 3. The van der Waals surface area contributed by atoms with Crippen LogP contribution < -0.4 is 26.4 Å². The standard InChI is InChI=1S/C25H36N4O3/c1-3-4-5-12-27-25-24-20(7-6-8-23(26)28-25)11-13-29(24)17-21-10-9-19(16-22(21)31-2)18-32-15-14-30/h7,9-11,13,16,27,30H,3-6,8,12,14-15,17-18H2,1-2H3,(H2,26,28)/b20-7-,25-24+. The molecule has 0 atom stereocenters. The number of ether oxygens (including phenoxy) is 2. The number of unbranched alkanes of at least 4 members (excludes halogenated alkanes) is 2. The first-order valence-corrected chi connectivity index (χ1v) is 11.5. The maximum atomic E-state index is 8.91. The number of nitrogens with one attached hydrogen (secondary N) is 1. The predicted molar refractivity (Wildman–Crippen MR) is 129 cm³/mol.